The van der Waals surface area contributed by atoms with Gasteiger partial charge in [-0.25, -0.2) is 4.79 Å². The van der Waals surface area contributed by atoms with Crippen molar-refractivity contribution >= 4 is 29.3 Å². The molecular formula is C14H19NO4S. The summed E-state index contributed by atoms with van der Waals surface area (Å²) in [6.07, 6.45) is 2.62. The first kappa shape index (κ1) is 16.4. The minimum absolute atomic E-state index is 0.101. The van der Waals surface area contributed by atoms with E-state index in [0.29, 0.717) is 6.54 Å². The first-order valence-corrected chi connectivity index (χ1v) is 6.93. The molecular weight excluding hydrogens is 278 g/mol. The Morgan fingerprint density at radius 1 is 1.50 bits per heavy atom. The SMILES string of the molecule is COC(C)(C)C(=O)N(C)Cc1cc(/C=C/C(=O)O)cs1. The van der Waals surface area contributed by atoms with E-state index in [1.807, 2.05) is 11.4 Å². The van der Waals surface area contributed by atoms with Crippen LogP contribution in [0.15, 0.2) is 17.5 Å². The van der Waals surface area contributed by atoms with Gasteiger partial charge in [0.1, 0.15) is 5.60 Å². The van der Waals surface area contributed by atoms with Crippen LogP contribution in [0.25, 0.3) is 6.08 Å². The second-order valence-corrected chi connectivity index (χ2v) is 5.89. The van der Waals surface area contributed by atoms with Gasteiger partial charge < -0.3 is 14.7 Å². The van der Waals surface area contributed by atoms with Gasteiger partial charge in [-0.2, -0.15) is 0 Å². The van der Waals surface area contributed by atoms with Crippen molar-refractivity contribution in [1.82, 2.24) is 4.90 Å². The molecule has 0 fully saturated rings. The van der Waals surface area contributed by atoms with Gasteiger partial charge in [0, 0.05) is 25.1 Å². The molecule has 0 atom stereocenters. The number of hydrogen-bond acceptors (Lipinski definition) is 4. The molecule has 1 aromatic heterocycles. The van der Waals surface area contributed by atoms with E-state index in [-0.39, 0.29) is 5.91 Å². The average Bonchev–Trinajstić information content (AvgIpc) is 2.82. The number of carbonyl (C=O) groups is 2. The number of nitrogens with zero attached hydrogens (tertiary/aromatic N) is 1. The highest BCUT2D eigenvalue weighted by Crippen LogP contribution is 2.19. The molecule has 1 N–H and O–H groups in total. The largest absolute Gasteiger partial charge is 0.478 e. The van der Waals surface area contributed by atoms with Gasteiger partial charge in [0.15, 0.2) is 0 Å². The van der Waals surface area contributed by atoms with Crippen molar-refractivity contribution in [2.75, 3.05) is 14.2 Å². The van der Waals surface area contributed by atoms with Crippen LogP contribution in [0.3, 0.4) is 0 Å². The van der Waals surface area contributed by atoms with Gasteiger partial charge >= 0.3 is 5.97 Å². The summed E-state index contributed by atoms with van der Waals surface area (Å²) in [7, 11) is 3.22. The third-order valence-electron chi connectivity index (χ3n) is 2.86. The maximum Gasteiger partial charge on any atom is 0.328 e. The van der Waals surface area contributed by atoms with E-state index < -0.39 is 11.6 Å². The maximum absolute atomic E-state index is 12.1. The maximum atomic E-state index is 12.1. The van der Waals surface area contributed by atoms with Crippen molar-refractivity contribution < 1.29 is 19.4 Å². The molecule has 1 amide bonds. The minimum atomic E-state index is -0.980. The predicted molar refractivity (Wildman–Crippen MR) is 78.6 cm³/mol. The zero-order valence-corrected chi connectivity index (χ0v) is 12.9. The topological polar surface area (TPSA) is 66.8 Å². The summed E-state index contributed by atoms with van der Waals surface area (Å²) in [5, 5.41) is 10.4. The van der Waals surface area contributed by atoms with Gasteiger partial charge in [0.25, 0.3) is 5.91 Å². The van der Waals surface area contributed by atoms with Gasteiger partial charge in [0.05, 0.1) is 6.54 Å². The van der Waals surface area contributed by atoms with Crippen LogP contribution in [0.4, 0.5) is 0 Å². The van der Waals surface area contributed by atoms with Crippen LogP contribution >= 0.6 is 11.3 Å². The minimum Gasteiger partial charge on any atom is -0.478 e. The molecule has 0 aliphatic rings. The summed E-state index contributed by atoms with van der Waals surface area (Å²) >= 11 is 1.49. The Morgan fingerprint density at radius 2 is 2.15 bits per heavy atom. The van der Waals surface area contributed by atoms with Crippen molar-refractivity contribution in [3.8, 4) is 0 Å². The lowest BCUT2D eigenvalue weighted by molar-refractivity contribution is -0.150. The molecule has 1 aromatic rings. The van der Waals surface area contributed by atoms with E-state index in [1.54, 1.807) is 25.8 Å². The number of carbonyl (C=O) groups excluding carboxylic acids is 1. The second-order valence-electron chi connectivity index (χ2n) is 4.89. The Balaban J connectivity index is 2.70. The van der Waals surface area contributed by atoms with Crippen LogP contribution in [0, 0.1) is 0 Å². The van der Waals surface area contributed by atoms with E-state index in [1.165, 1.54) is 24.5 Å². The highest BCUT2D eigenvalue weighted by Gasteiger charge is 2.30. The molecule has 0 aliphatic heterocycles. The van der Waals surface area contributed by atoms with Crippen LogP contribution in [0.1, 0.15) is 24.3 Å². The van der Waals surface area contributed by atoms with Crippen LogP contribution in [0.5, 0.6) is 0 Å². The van der Waals surface area contributed by atoms with Gasteiger partial charge in [0.2, 0.25) is 0 Å². The average molecular weight is 297 g/mol. The highest BCUT2D eigenvalue weighted by molar-refractivity contribution is 7.10. The molecule has 0 spiro atoms. The fourth-order valence-corrected chi connectivity index (χ4v) is 2.49. The predicted octanol–water partition coefficient (Wildman–Crippen LogP) is 2.23. The molecule has 0 radical (unpaired) electrons. The van der Waals surface area contributed by atoms with Crippen molar-refractivity contribution in [2.45, 2.75) is 26.0 Å². The number of carboxylic acid groups (broad SMARTS) is 1. The van der Waals surface area contributed by atoms with E-state index >= 15 is 0 Å². The molecule has 6 heteroatoms. The van der Waals surface area contributed by atoms with Crippen molar-refractivity contribution in [1.29, 1.82) is 0 Å². The molecule has 0 saturated heterocycles. The highest BCUT2D eigenvalue weighted by atomic mass is 32.1. The number of likely N-dealkylation sites (N-methyl/N-ethyl adjacent to an activating group) is 1. The van der Waals surface area contributed by atoms with Gasteiger partial charge in [-0.15, -0.1) is 11.3 Å². The molecule has 20 heavy (non-hydrogen) atoms. The Hall–Kier alpha value is -1.66. The van der Waals surface area contributed by atoms with Crippen LogP contribution < -0.4 is 0 Å². The molecule has 0 aliphatic carbocycles. The molecule has 110 valence electrons. The number of thiophene rings is 1. The summed E-state index contributed by atoms with van der Waals surface area (Å²) < 4.78 is 5.16. The molecule has 5 nitrogen and oxygen atoms in total. The third-order valence-corrected chi connectivity index (χ3v) is 3.80. The number of methoxy groups -OCH3 is 1. The van der Waals surface area contributed by atoms with Crippen LogP contribution in [-0.2, 0) is 20.9 Å². The van der Waals surface area contributed by atoms with E-state index in [2.05, 4.69) is 0 Å². The van der Waals surface area contributed by atoms with E-state index in [0.717, 1.165) is 16.5 Å². The van der Waals surface area contributed by atoms with Crippen molar-refractivity contribution in [3.05, 3.63) is 28.0 Å². The summed E-state index contributed by atoms with van der Waals surface area (Å²) in [5.74, 6) is -1.08. The van der Waals surface area contributed by atoms with Crippen LogP contribution in [0.2, 0.25) is 0 Å². The number of rotatable bonds is 6. The number of ether oxygens (including phenoxy) is 1. The molecule has 0 bridgehead atoms. The lowest BCUT2D eigenvalue weighted by Gasteiger charge is -2.27. The Morgan fingerprint density at radius 3 is 2.70 bits per heavy atom. The number of aliphatic carboxylic acids is 1. The Bertz CT molecular complexity index is 519. The summed E-state index contributed by atoms with van der Waals surface area (Å²) in [4.78, 5) is 25.2. The van der Waals surface area contributed by atoms with Gasteiger partial charge in [-0.05, 0) is 36.9 Å². The Labute approximate surface area is 122 Å². The van der Waals surface area contributed by atoms with Crippen LogP contribution in [-0.4, -0.2) is 41.6 Å². The zero-order chi connectivity index (χ0) is 15.3. The third kappa shape index (κ3) is 4.47. The number of amides is 1. The Kier molecular flexibility index (Phi) is 5.47. The zero-order valence-electron chi connectivity index (χ0n) is 12.0. The lowest BCUT2D eigenvalue weighted by Crippen LogP contribution is -2.44. The smallest absolute Gasteiger partial charge is 0.328 e. The fraction of sp³-hybridized carbons (Fsp3) is 0.429. The summed E-state index contributed by atoms with van der Waals surface area (Å²) in [5.41, 5.74) is -0.0304. The number of hydrogen-bond donors (Lipinski definition) is 1. The second kappa shape index (κ2) is 6.67. The summed E-state index contributed by atoms with van der Waals surface area (Å²) in [6, 6.07) is 1.87. The lowest BCUT2D eigenvalue weighted by atomic mass is 10.1. The molecule has 0 aromatic carbocycles. The normalized spacial score (nSPS) is 11.8. The quantitative estimate of drug-likeness (QED) is 0.818. The fourth-order valence-electron chi connectivity index (χ4n) is 1.59. The first-order chi connectivity index (χ1) is 9.26. The molecule has 0 unspecified atom stereocenters. The molecule has 1 rings (SSSR count). The molecule has 1 heterocycles. The van der Waals surface area contributed by atoms with Crippen molar-refractivity contribution in [2.24, 2.45) is 0 Å². The summed E-state index contributed by atoms with van der Waals surface area (Å²) in [6.45, 7) is 3.92. The van der Waals surface area contributed by atoms with Gasteiger partial charge in [-0.3, -0.25) is 4.79 Å². The number of carboxylic acids is 1. The van der Waals surface area contributed by atoms with Gasteiger partial charge in [-0.1, -0.05) is 0 Å². The standard InChI is InChI=1S/C14H19NO4S/c1-14(2,19-4)13(18)15(3)8-11-7-10(9-20-11)5-6-12(16)17/h5-7,9H,8H2,1-4H3,(H,16,17)/b6-5+. The van der Waals surface area contributed by atoms with E-state index in [9.17, 15) is 9.59 Å². The monoisotopic (exact) mass is 297 g/mol. The van der Waals surface area contributed by atoms with E-state index in [4.69, 9.17) is 9.84 Å². The first-order valence-electron chi connectivity index (χ1n) is 6.05. The molecule has 0 saturated carbocycles. The van der Waals surface area contributed by atoms with Crippen molar-refractivity contribution in [3.63, 3.8) is 0 Å².